The zero-order valence-corrected chi connectivity index (χ0v) is 17.9. The molecule has 0 aliphatic rings. The van der Waals surface area contributed by atoms with Crippen LogP contribution < -0.4 is 10.0 Å². The second kappa shape index (κ2) is 8.50. The summed E-state index contributed by atoms with van der Waals surface area (Å²) in [7, 11) is -4.15. The van der Waals surface area contributed by atoms with Gasteiger partial charge in [0.05, 0.1) is 15.6 Å². The predicted molar refractivity (Wildman–Crippen MR) is 110 cm³/mol. The van der Waals surface area contributed by atoms with E-state index < -0.39 is 27.7 Å². The Bertz CT molecular complexity index is 1090. The molecular formula is C18H16ClF3N2O4S2. The van der Waals surface area contributed by atoms with Gasteiger partial charge in [-0.25, -0.2) is 8.42 Å². The number of rotatable bonds is 5. The molecule has 2 aromatic carbocycles. The highest BCUT2D eigenvalue weighted by Crippen LogP contribution is 2.32. The van der Waals surface area contributed by atoms with Gasteiger partial charge in [-0.1, -0.05) is 53.6 Å². The van der Waals surface area contributed by atoms with Crippen molar-refractivity contribution >= 4 is 50.4 Å². The number of benzene rings is 2. The van der Waals surface area contributed by atoms with Crippen molar-refractivity contribution in [2.75, 3.05) is 5.32 Å². The summed E-state index contributed by atoms with van der Waals surface area (Å²) in [6.07, 6.45) is -5.22. The first-order chi connectivity index (χ1) is 13.6. The lowest BCUT2D eigenvalue weighted by Crippen LogP contribution is -2.52. The third-order valence-corrected chi connectivity index (χ3v) is 6.16. The Hall–Kier alpha value is -2.21. The SMILES string of the molecule is Cc1ccc(C(=S)NS(=O)(=O)c2ccc(NC(=O)C(C)(O)C(F)(F)F)c(Cl)c2)cc1. The lowest BCUT2D eigenvalue weighted by molar-refractivity contribution is -0.242. The van der Waals surface area contributed by atoms with Crippen LogP contribution >= 0.6 is 23.8 Å². The number of nitrogens with one attached hydrogen (secondary N) is 2. The number of hydrogen-bond donors (Lipinski definition) is 3. The van der Waals surface area contributed by atoms with Gasteiger partial charge in [-0.3, -0.25) is 9.52 Å². The van der Waals surface area contributed by atoms with E-state index >= 15 is 0 Å². The molecule has 0 fully saturated rings. The van der Waals surface area contributed by atoms with Crippen molar-refractivity contribution in [2.24, 2.45) is 0 Å². The fraction of sp³-hybridized carbons (Fsp3) is 0.222. The van der Waals surface area contributed by atoms with Gasteiger partial charge in [-0.15, -0.1) is 0 Å². The van der Waals surface area contributed by atoms with E-state index in [1.54, 1.807) is 24.3 Å². The number of anilines is 1. The highest BCUT2D eigenvalue weighted by atomic mass is 35.5. The van der Waals surface area contributed by atoms with Crippen molar-refractivity contribution in [1.82, 2.24) is 4.72 Å². The summed E-state index contributed by atoms with van der Waals surface area (Å²) in [6.45, 7) is 2.14. The monoisotopic (exact) mass is 480 g/mol. The Morgan fingerprint density at radius 2 is 1.70 bits per heavy atom. The van der Waals surface area contributed by atoms with Crippen LogP contribution in [0.2, 0.25) is 5.02 Å². The second-order valence-corrected chi connectivity index (χ2v) is 8.96. The molecule has 1 amide bonds. The molecule has 0 aliphatic carbocycles. The molecule has 2 aromatic rings. The minimum Gasteiger partial charge on any atom is -0.373 e. The van der Waals surface area contributed by atoms with Crippen molar-refractivity contribution in [3.05, 3.63) is 58.6 Å². The molecule has 3 N–H and O–H groups in total. The summed E-state index contributed by atoms with van der Waals surface area (Å²) in [5, 5.41) is 10.8. The van der Waals surface area contributed by atoms with E-state index in [0.717, 1.165) is 23.8 Å². The number of sulfonamides is 1. The van der Waals surface area contributed by atoms with Crippen LogP contribution in [-0.4, -0.2) is 36.2 Å². The number of hydrogen-bond acceptors (Lipinski definition) is 5. The first kappa shape index (κ1) is 24.1. The molecule has 162 valence electrons. The molecule has 30 heavy (non-hydrogen) atoms. The number of carbonyl (C=O) groups is 1. The summed E-state index contributed by atoms with van der Waals surface area (Å²) in [5.41, 5.74) is -2.56. The van der Waals surface area contributed by atoms with Gasteiger partial charge in [-0.05, 0) is 32.0 Å². The van der Waals surface area contributed by atoms with E-state index in [4.69, 9.17) is 23.8 Å². The number of amides is 1. The molecule has 0 aromatic heterocycles. The van der Waals surface area contributed by atoms with Gasteiger partial charge in [0.25, 0.3) is 15.9 Å². The number of alkyl halides is 3. The largest absolute Gasteiger partial charge is 0.426 e. The molecule has 0 heterocycles. The van der Waals surface area contributed by atoms with E-state index in [1.807, 2.05) is 12.2 Å². The van der Waals surface area contributed by atoms with E-state index in [-0.39, 0.29) is 27.5 Å². The first-order valence-electron chi connectivity index (χ1n) is 8.19. The summed E-state index contributed by atoms with van der Waals surface area (Å²) in [6, 6.07) is 9.72. The molecule has 0 aliphatic heterocycles. The maximum atomic E-state index is 12.7. The van der Waals surface area contributed by atoms with Gasteiger partial charge in [0.15, 0.2) is 0 Å². The number of thiocarbonyl (C=S) groups is 1. The van der Waals surface area contributed by atoms with E-state index in [0.29, 0.717) is 5.56 Å². The Morgan fingerprint density at radius 3 is 2.20 bits per heavy atom. The van der Waals surface area contributed by atoms with Gasteiger partial charge in [0.2, 0.25) is 5.60 Å². The molecule has 0 saturated carbocycles. The Balaban J connectivity index is 2.22. The van der Waals surface area contributed by atoms with Crippen LogP contribution in [0.1, 0.15) is 18.1 Å². The topological polar surface area (TPSA) is 95.5 Å². The fourth-order valence-corrected chi connectivity index (χ4v) is 3.84. The van der Waals surface area contributed by atoms with Crippen LogP contribution in [-0.2, 0) is 14.8 Å². The smallest absolute Gasteiger partial charge is 0.373 e. The molecule has 0 saturated heterocycles. The Kier molecular flexibility index (Phi) is 6.82. The molecule has 6 nitrogen and oxygen atoms in total. The van der Waals surface area contributed by atoms with Gasteiger partial charge in [-0.2, -0.15) is 13.2 Å². The maximum absolute atomic E-state index is 12.7. The highest BCUT2D eigenvalue weighted by molar-refractivity contribution is 7.92. The predicted octanol–water partition coefficient (Wildman–Crippen LogP) is 3.55. The standard InChI is InChI=1S/C18H16ClF3N2O4S2/c1-10-3-5-11(6-4-10)15(29)24-30(27,28)12-7-8-14(13(19)9-12)23-16(25)17(2,26)18(20,21)22/h3-9,26H,1-2H3,(H,23,25)(H,24,29). The lowest BCUT2D eigenvalue weighted by Gasteiger charge is -2.25. The van der Waals surface area contributed by atoms with Crippen LogP contribution in [0.4, 0.5) is 18.9 Å². The van der Waals surface area contributed by atoms with E-state index in [1.165, 1.54) is 0 Å². The molecule has 0 bridgehead atoms. The lowest BCUT2D eigenvalue weighted by atomic mass is 10.1. The number of carbonyl (C=O) groups excluding carboxylic acids is 1. The minimum atomic E-state index is -5.22. The quantitative estimate of drug-likeness (QED) is 0.569. The summed E-state index contributed by atoms with van der Waals surface area (Å²) >= 11 is 11.0. The van der Waals surface area contributed by atoms with Gasteiger partial charge < -0.3 is 10.4 Å². The zero-order valence-electron chi connectivity index (χ0n) is 15.5. The summed E-state index contributed by atoms with van der Waals surface area (Å²) < 4.78 is 65.5. The summed E-state index contributed by atoms with van der Waals surface area (Å²) in [5.74, 6) is -1.77. The maximum Gasteiger partial charge on any atom is 0.426 e. The van der Waals surface area contributed by atoms with Crippen LogP contribution in [0.25, 0.3) is 0 Å². The number of aryl methyl sites for hydroxylation is 1. The van der Waals surface area contributed by atoms with Gasteiger partial charge in [0, 0.05) is 5.56 Å². The molecule has 0 spiro atoms. The Morgan fingerprint density at radius 1 is 1.13 bits per heavy atom. The zero-order chi connectivity index (χ0) is 22.9. The summed E-state index contributed by atoms with van der Waals surface area (Å²) in [4.78, 5) is 11.4. The molecular weight excluding hydrogens is 465 g/mol. The van der Waals surface area contributed by atoms with Gasteiger partial charge in [0.1, 0.15) is 4.99 Å². The van der Waals surface area contributed by atoms with Crippen LogP contribution in [0.15, 0.2) is 47.4 Å². The van der Waals surface area contributed by atoms with Crippen molar-refractivity contribution in [1.29, 1.82) is 0 Å². The highest BCUT2D eigenvalue weighted by Gasteiger charge is 2.55. The normalized spacial score (nSPS) is 14.0. The van der Waals surface area contributed by atoms with Crippen LogP contribution in [0, 0.1) is 6.92 Å². The molecule has 12 heteroatoms. The first-order valence-corrected chi connectivity index (χ1v) is 10.5. The average molecular weight is 481 g/mol. The van der Waals surface area contributed by atoms with Crippen molar-refractivity contribution in [3.63, 3.8) is 0 Å². The van der Waals surface area contributed by atoms with Crippen molar-refractivity contribution in [2.45, 2.75) is 30.5 Å². The van der Waals surface area contributed by atoms with Crippen molar-refractivity contribution < 1.29 is 31.5 Å². The molecule has 2 rings (SSSR count). The Labute approximate surface area is 181 Å². The molecule has 1 unspecified atom stereocenters. The number of halogens is 4. The number of aliphatic hydroxyl groups is 1. The van der Waals surface area contributed by atoms with Crippen molar-refractivity contribution in [3.8, 4) is 0 Å². The van der Waals surface area contributed by atoms with Gasteiger partial charge >= 0.3 is 6.18 Å². The molecule has 0 radical (unpaired) electrons. The van der Waals surface area contributed by atoms with E-state index in [9.17, 15) is 31.5 Å². The van der Waals surface area contributed by atoms with Crippen LogP contribution in [0.5, 0.6) is 0 Å². The third-order valence-electron chi connectivity index (χ3n) is 4.03. The van der Waals surface area contributed by atoms with E-state index in [2.05, 4.69) is 4.72 Å². The second-order valence-electron chi connectivity index (χ2n) is 6.47. The molecule has 1 atom stereocenters. The fourth-order valence-electron chi connectivity index (χ4n) is 2.08. The minimum absolute atomic E-state index is 0.0651. The van der Waals surface area contributed by atoms with Crippen LogP contribution in [0.3, 0.4) is 0 Å². The average Bonchev–Trinajstić information content (AvgIpc) is 2.62. The third kappa shape index (κ3) is 5.28.